The number of carbonyl (C=O) groups excluding carboxylic acids is 1. The first-order chi connectivity index (χ1) is 5.33. The molecule has 2 heteroatoms. The second-order valence-corrected chi connectivity index (χ2v) is 3.02. The smallest absolute Gasteiger partial charge is 0.220 e. The zero-order valence-electron chi connectivity index (χ0n) is 6.81. The van der Waals surface area contributed by atoms with Crippen LogP contribution in [0.1, 0.15) is 32.1 Å². The largest absolute Gasteiger partial charge is 0.353 e. The van der Waals surface area contributed by atoms with Crippen molar-refractivity contribution >= 4 is 5.91 Å². The lowest BCUT2D eigenvalue weighted by atomic mass is 9.93. The van der Waals surface area contributed by atoms with Crippen LogP contribution in [0.5, 0.6) is 0 Å². The molecular formula is C9H15NO. The van der Waals surface area contributed by atoms with Crippen molar-refractivity contribution in [3.8, 4) is 0 Å². The minimum atomic E-state index is 0.176. The van der Waals surface area contributed by atoms with Crippen LogP contribution in [-0.4, -0.2) is 11.9 Å². The van der Waals surface area contributed by atoms with Gasteiger partial charge in [-0.2, -0.15) is 0 Å². The quantitative estimate of drug-likeness (QED) is 0.611. The molecule has 0 bridgehead atoms. The lowest BCUT2D eigenvalue weighted by molar-refractivity contribution is -0.122. The highest BCUT2D eigenvalue weighted by Crippen LogP contribution is 2.17. The van der Waals surface area contributed by atoms with Gasteiger partial charge in [0.1, 0.15) is 0 Å². The summed E-state index contributed by atoms with van der Waals surface area (Å²) in [5.41, 5.74) is 0. The molecule has 1 fully saturated rings. The summed E-state index contributed by atoms with van der Waals surface area (Å²) in [5, 5.41) is 2.96. The van der Waals surface area contributed by atoms with E-state index in [1.54, 1.807) is 6.08 Å². The van der Waals surface area contributed by atoms with Crippen molar-refractivity contribution in [2.45, 2.75) is 38.1 Å². The van der Waals surface area contributed by atoms with Crippen molar-refractivity contribution in [3.05, 3.63) is 12.7 Å². The van der Waals surface area contributed by atoms with Crippen LogP contribution in [0.4, 0.5) is 0 Å². The molecule has 0 saturated heterocycles. The summed E-state index contributed by atoms with van der Waals surface area (Å²) in [6, 6.07) is 0.479. The molecule has 0 heterocycles. The lowest BCUT2D eigenvalue weighted by Gasteiger charge is -2.26. The molecule has 2 nitrogen and oxygen atoms in total. The first kappa shape index (κ1) is 8.31. The summed E-state index contributed by atoms with van der Waals surface area (Å²) in [6.07, 6.45) is 6.77. The molecule has 0 unspecified atom stereocenters. The number of allylic oxidation sites excluding steroid dienone is 1. The van der Waals surface area contributed by atoms with Crippen molar-refractivity contribution in [3.63, 3.8) is 0 Å². The van der Waals surface area contributed by atoms with Gasteiger partial charge in [-0.15, -0.1) is 6.58 Å². The second kappa shape index (κ2) is 4.16. The molecule has 1 saturated carbocycles. The predicted octanol–water partition coefficient (Wildman–Crippen LogP) is 1.62. The molecule has 1 aliphatic rings. The fourth-order valence-corrected chi connectivity index (χ4v) is 1.09. The number of carbonyl (C=O) groups is 1. The Hall–Kier alpha value is -0.790. The van der Waals surface area contributed by atoms with Crippen molar-refractivity contribution < 1.29 is 4.79 Å². The van der Waals surface area contributed by atoms with Gasteiger partial charge in [-0.25, -0.2) is 0 Å². The SMILES string of the molecule is C=CCCC(=O)NC1CCC1. The molecule has 0 radical (unpaired) electrons. The summed E-state index contributed by atoms with van der Waals surface area (Å²) in [4.78, 5) is 11.0. The minimum absolute atomic E-state index is 0.176. The van der Waals surface area contributed by atoms with E-state index in [-0.39, 0.29) is 5.91 Å². The van der Waals surface area contributed by atoms with Crippen LogP contribution in [0.15, 0.2) is 12.7 Å². The predicted molar refractivity (Wildman–Crippen MR) is 45.2 cm³/mol. The van der Waals surface area contributed by atoms with Gasteiger partial charge in [-0.3, -0.25) is 4.79 Å². The Kier molecular flexibility index (Phi) is 3.14. The average molecular weight is 153 g/mol. The number of hydrogen-bond donors (Lipinski definition) is 1. The van der Waals surface area contributed by atoms with Crippen LogP contribution >= 0.6 is 0 Å². The first-order valence-electron chi connectivity index (χ1n) is 4.23. The van der Waals surface area contributed by atoms with Crippen LogP contribution in [0, 0.1) is 0 Å². The monoisotopic (exact) mass is 153 g/mol. The number of amides is 1. The van der Waals surface area contributed by atoms with Crippen LogP contribution in [0.3, 0.4) is 0 Å². The molecule has 62 valence electrons. The highest BCUT2D eigenvalue weighted by atomic mass is 16.1. The fraction of sp³-hybridized carbons (Fsp3) is 0.667. The fourth-order valence-electron chi connectivity index (χ4n) is 1.09. The maximum absolute atomic E-state index is 11.0. The number of rotatable bonds is 4. The third kappa shape index (κ3) is 2.74. The number of hydrogen-bond acceptors (Lipinski definition) is 1. The highest BCUT2D eigenvalue weighted by Gasteiger charge is 2.18. The number of nitrogens with one attached hydrogen (secondary N) is 1. The Balaban J connectivity index is 2.04. The van der Waals surface area contributed by atoms with Crippen LogP contribution in [0.2, 0.25) is 0 Å². The summed E-state index contributed by atoms with van der Waals surface area (Å²) < 4.78 is 0. The standard InChI is InChI=1S/C9H15NO/c1-2-3-7-9(11)10-8-5-4-6-8/h2,8H,1,3-7H2,(H,10,11). The molecule has 0 aromatic rings. The van der Waals surface area contributed by atoms with Gasteiger partial charge in [-0.1, -0.05) is 6.08 Å². The van der Waals surface area contributed by atoms with Gasteiger partial charge in [-0.05, 0) is 25.7 Å². The maximum Gasteiger partial charge on any atom is 0.220 e. The van der Waals surface area contributed by atoms with Gasteiger partial charge in [0.25, 0.3) is 0 Å². The van der Waals surface area contributed by atoms with Crippen LogP contribution in [0.25, 0.3) is 0 Å². The van der Waals surface area contributed by atoms with Crippen molar-refractivity contribution in [1.29, 1.82) is 0 Å². The Morgan fingerprint density at radius 3 is 2.82 bits per heavy atom. The van der Waals surface area contributed by atoms with Crippen molar-refractivity contribution in [2.75, 3.05) is 0 Å². The van der Waals surface area contributed by atoms with Gasteiger partial charge in [0.15, 0.2) is 0 Å². The highest BCUT2D eigenvalue weighted by molar-refractivity contribution is 5.76. The van der Waals surface area contributed by atoms with E-state index in [9.17, 15) is 4.79 Å². The second-order valence-electron chi connectivity index (χ2n) is 3.02. The molecular weight excluding hydrogens is 138 g/mol. The Morgan fingerprint density at radius 1 is 1.64 bits per heavy atom. The Morgan fingerprint density at radius 2 is 2.36 bits per heavy atom. The molecule has 11 heavy (non-hydrogen) atoms. The van der Waals surface area contributed by atoms with E-state index in [1.807, 2.05) is 0 Å². The van der Waals surface area contributed by atoms with E-state index in [0.717, 1.165) is 6.42 Å². The molecule has 0 aromatic carbocycles. The summed E-state index contributed by atoms with van der Waals surface area (Å²) in [5.74, 6) is 0.176. The normalized spacial score (nSPS) is 17.1. The summed E-state index contributed by atoms with van der Waals surface area (Å²) >= 11 is 0. The van der Waals surface area contributed by atoms with Crippen molar-refractivity contribution in [1.82, 2.24) is 5.32 Å². The van der Waals surface area contributed by atoms with Gasteiger partial charge in [0.2, 0.25) is 5.91 Å². The van der Waals surface area contributed by atoms with E-state index >= 15 is 0 Å². The minimum Gasteiger partial charge on any atom is -0.353 e. The van der Waals surface area contributed by atoms with E-state index in [2.05, 4.69) is 11.9 Å². The van der Waals surface area contributed by atoms with Gasteiger partial charge in [0.05, 0.1) is 0 Å². The Labute approximate surface area is 67.7 Å². The third-order valence-electron chi connectivity index (χ3n) is 2.05. The summed E-state index contributed by atoms with van der Waals surface area (Å²) in [6.45, 7) is 3.57. The first-order valence-corrected chi connectivity index (χ1v) is 4.23. The zero-order chi connectivity index (χ0) is 8.10. The summed E-state index contributed by atoms with van der Waals surface area (Å²) in [7, 11) is 0. The van der Waals surface area contributed by atoms with Crippen LogP contribution in [-0.2, 0) is 4.79 Å². The topological polar surface area (TPSA) is 29.1 Å². The Bertz CT molecular complexity index is 150. The molecule has 1 amide bonds. The van der Waals surface area contributed by atoms with Crippen molar-refractivity contribution in [2.24, 2.45) is 0 Å². The molecule has 0 atom stereocenters. The van der Waals surface area contributed by atoms with Gasteiger partial charge in [0, 0.05) is 12.5 Å². The lowest BCUT2D eigenvalue weighted by Crippen LogP contribution is -2.39. The van der Waals surface area contributed by atoms with E-state index in [0.29, 0.717) is 12.5 Å². The van der Waals surface area contributed by atoms with Crippen LogP contribution < -0.4 is 5.32 Å². The molecule has 1 rings (SSSR count). The molecule has 0 aromatic heterocycles. The molecule has 0 spiro atoms. The van der Waals surface area contributed by atoms with E-state index < -0.39 is 0 Å². The maximum atomic E-state index is 11.0. The molecule has 0 aliphatic heterocycles. The zero-order valence-corrected chi connectivity index (χ0v) is 6.81. The third-order valence-corrected chi connectivity index (χ3v) is 2.05. The van der Waals surface area contributed by atoms with E-state index in [1.165, 1.54) is 19.3 Å². The van der Waals surface area contributed by atoms with Gasteiger partial charge < -0.3 is 5.32 Å². The molecule has 1 N–H and O–H groups in total. The van der Waals surface area contributed by atoms with E-state index in [4.69, 9.17) is 0 Å². The average Bonchev–Trinajstić information content (AvgIpc) is 1.93. The molecule has 1 aliphatic carbocycles. The van der Waals surface area contributed by atoms with Gasteiger partial charge >= 0.3 is 0 Å².